The summed E-state index contributed by atoms with van der Waals surface area (Å²) in [5.41, 5.74) is 1.34. The third-order valence-corrected chi connectivity index (χ3v) is 3.60. The van der Waals surface area contributed by atoms with Crippen LogP contribution < -0.4 is 0 Å². The number of pyridine rings is 1. The molecule has 92 valence electrons. The Labute approximate surface area is 101 Å². The fraction of sp³-hybridized carbons (Fsp3) is 0.538. The monoisotopic (exact) mass is 234 g/mol. The number of hydrogen-bond acceptors (Lipinski definition) is 3. The van der Waals surface area contributed by atoms with E-state index in [2.05, 4.69) is 4.98 Å². The molecule has 0 radical (unpaired) electrons. The Morgan fingerprint density at radius 3 is 2.94 bits per heavy atom. The first-order valence-electron chi connectivity index (χ1n) is 5.92. The lowest BCUT2D eigenvalue weighted by molar-refractivity contribution is -0.148. The number of rotatable bonds is 3. The first-order chi connectivity index (χ1) is 8.02. The van der Waals surface area contributed by atoms with Gasteiger partial charge in [0.15, 0.2) is 0 Å². The van der Waals surface area contributed by atoms with Gasteiger partial charge in [-0.25, -0.2) is 0 Å². The number of carboxylic acids is 1. The second kappa shape index (κ2) is 4.45. The molecule has 17 heavy (non-hydrogen) atoms. The highest BCUT2D eigenvalue weighted by molar-refractivity contribution is 5.78. The Balaban J connectivity index is 2.13. The highest BCUT2D eigenvalue weighted by Gasteiger charge is 2.43. The largest absolute Gasteiger partial charge is 0.480 e. The Hall–Kier alpha value is -1.42. The van der Waals surface area contributed by atoms with E-state index in [1.807, 2.05) is 37.1 Å². The maximum atomic E-state index is 11.3. The SMILES string of the molecule is Cc1ccc(CN2CCCC2(C)C(=O)O)cn1. The van der Waals surface area contributed by atoms with Crippen molar-refractivity contribution in [3.05, 3.63) is 29.6 Å². The van der Waals surface area contributed by atoms with E-state index in [4.69, 9.17) is 0 Å². The molecule has 0 aliphatic carbocycles. The lowest BCUT2D eigenvalue weighted by Crippen LogP contribution is -2.47. The summed E-state index contributed by atoms with van der Waals surface area (Å²) in [5.74, 6) is -0.727. The van der Waals surface area contributed by atoms with Crippen LogP contribution in [0.2, 0.25) is 0 Å². The summed E-state index contributed by atoms with van der Waals surface area (Å²) in [5, 5.41) is 9.31. The lowest BCUT2D eigenvalue weighted by atomic mass is 9.99. The van der Waals surface area contributed by atoms with Crippen LogP contribution in [0.5, 0.6) is 0 Å². The summed E-state index contributed by atoms with van der Waals surface area (Å²) in [7, 11) is 0. The van der Waals surface area contributed by atoms with Gasteiger partial charge in [-0.3, -0.25) is 14.7 Å². The fourth-order valence-corrected chi connectivity index (χ4v) is 2.33. The summed E-state index contributed by atoms with van der Waals surface area (Å²) < 4.78 is 0. The quantitative estimate of drug-likeness (QED) is 0.867. The Bertz CT molecular complexity index is 416. The number of likely N-dealkylation sites (tertiary alicyclic amines) is 1. The molecule has 0 saturated carbocycles. The van der Waals surface area contributed by atoms with Gasteiger partial charge in [-0.05, 0) is 44.9 Å². The number of hydrogen-bond donors (Lipinski definition) is 1. The molecule has 1 aromatic rings. The van der Waals surface area contributed by atoms with E-state index in [-0.39, 0.29) is 0 Å². The molecule has 1 aliphatic rings. The van der Waals surface area contributed by atoms with Gasteiger partial charge in [-0.2, -0.15) is 0 Å². The molecule has 0 aromatic carbocycles. The van der Waals surface area contributed by atoms with Crippen LogP contribution in [0.15, 0.2) is 18.3 Å². The molecule has 0 bridgehead atoms. The topological polar surface area (TPSA) is 53.4 Å². The van der Waals surface area contributed by atoms with Gasteiger partial charge in [-0.15, -0.1) is 0 Å². The van der Waals surface area contributed by atoms with Gasteiger partial charge in [0.2, 0.25) is 0 Å². The van der Waals surface area contributed by atoms with E-state index < -0.39 is 11.5 Å². The molecule has 1 N–H and O–H groups in total. The van der Waals surface area contributed by atoms with Crippen molar-refractivity contribution < 1.29 is 9.90 Å². The standard InChI is InChI=1S/C13H18N2O2/c1-10-4-5-11(8-14-10)9-15-7-3-6-13(15,2)12(16)17/h4-5,8H,3,6-7,9H2,1-2H3,(H,16,17). The van der Waals surface area contributed by atoms with Crippen LogP contribution in [0.3, 0.4) is 0 Å². The van der Waals surface area contributed by atoms with E-state index in [1.54, 1.807) is 0 Å². The zero-order chi connectivity index (χ0) is 12.5. The van der Waals surface area contributed by atoms with Crippen molar-refractivity contribution in [2.75, 3.05) is 6.54 Å². The lowest BCUT2D eigenvalue weighted by Gasteiger charge is -2.31. The number of nitrogens with zero attached hydrogens (tertiary/aromatic N) is 2. The van der Waals surface area contributed by atoms with Crippen molar-refractivity contribution in [1.82, 2.24) is 9.88 Å². The Kier molecular flexibility index (Phi) is 3.15. The van der Waals surface area contributed by atoms with Crippen LogP contribution >= 0.6 is 0 Å². The van der Waals surface area contributed by atoms with Gasteiger partial charge in [-0.1, -0.05) is 6.07 Å². The Morgan fingerprint density at radius 2 is 2.35 bits per heavy atom. The van der Waals surface area contributed by atoms with E-state index >= 15 is 0 Å². The molecule has 1 aliphatic heterocycles. The molecular formula is C13H18N2O2. The summed E-state index contributed by atoms with van der Waals surface area (Å²) in [6, 6.07) is 3.98. The third-order valence-electron chi connectivity index (χ3n) is 3.60. The van der Waals surface area contributed by atoms with Crippen molar-refractivity contribution in [1.29, 1.82) is 0 Å². The molecule has 1 saturated heterocycles. The van der Waals surface area contributed by atoms with Crippen LogP contribution in [0.25, 0.3) is 0 Å². The predicted molar refractivity (Wildman–Crippen MR) is 64.7 cm³/mol. The summed E-state index contributed by atoms with van der Waals surface area (Å²) >= 11 is 0. The van der Waals surface area contributed by atoms with Crippen molar-refractivity contribution in [3.8, 4) is 0 Å². The second-order valence-electron chi connectivity index (χ2n) is 4.91. The van der Waals surface area contributed by atoms with Gasteiger partial charge in [0.05, 0.1) is 0 Å². The molecule has 2 heterocycles. The first kappa shape index (κ1) is 12.0. The molecule has 1 fully saturated rings. The Morgan fingerprint density at radius 1 is 1.59 bits per heavy atom. The van der Waals surface area contributed by atoms with Crippen molar-refractivity contribution in [2.45, 2.75) is 38.8 Å². The summed E-state index contributed by atoms with van der Waals surface area (Å²) in [4.78, 5) is 17.6. The smallest absolute Gasteiger partial charge is 0.323 e. The molecule has 2 rings (SSSR count). The molecule has 4 heteroatoms. The van der Waals surface area contributed by atoms with Crippen LogP contribution in [0, 0.1) is 6.92 Å². The maximum Gasteiger partial charge on any atom is 0.323 e. The van der Waals surface area contributed by atoms with Crippen LogP contribution in [-0.2, 0) is 11.3 Å². The van der Waals surface area contributed by atoms with E-state index in [0.29, 0.717) is 6.54 Å². The molecule has 1 unspecified atom stereocenters. The maximum absolute atomic E-state index is 11.3. The number of aliphatic carboxylic acids is 1. The molecule has 0 spiro atoms. The molecule has 1 atom stereocenters. The van der Waals surface area contributed by atoms with E-state index in [9.17, 15) is 9.90 Å². The van der Waals surface area contributed by atoms with E-state index in [1.165, 1.54) is 0 Å². The van der Waals surface area contributed by atoms with Gasteiger partial charge < -0.3 is 5.11 Å². The van der Waals surface area contributed by atoms with Crippen molar-refractivity contribution in [2.24, 2.45) is 0 Å². The van der Waals surface area contributed by atoms with Gasteiger partial charge >= 0.3 is 5.97 Å². The number of carbonyl (C=O) groups is 1. The van der Waals surface area contributed by atoms with Crippen LogP contribution in [-0.4, -0.2) is 33.0 Å². The van der Waals surface area contributed by atoms with Gasteiger partial charge in [0, 0.05) is 18.4 Å². The zero-order valence-corrected chi connectivity index (χ0v) is 10.3. The molecular weight excluding hydrogens is 216 g/mol. The average Bonchev–Trinajstić information content (AvgIpc) is 2.65. The van der Waals surface area contributed by atoms with Crippen molar-refractivity contribution >= 4 is 5.97 Å². The second-order valence-corrected chi connectivity index (χ2v) is 4.91. The number of aryl methyl sites for hydroxylation is 1. The minimum Gasteiger partial charge on any atom is -0.480 e. The third kappa shape index (κ3) is 2.31. The molecule has 1 aromatic heterocycles. The van der Waals surface area contributed by atoms with Gasteiger partial charge in [0.1, 0.15) is 5.54 Å². The average molecular weight is 234 g/mol. The summed E-state index contributed by atoms with van der Waals surface area (Å²) in [6.45, 7) is 5.26. The van der Waals surface area contributed by atoms with Crippen LogP contribution in [0.4, 0.5) is 0 Å². The van der Waals surface area contributed by atoms with Gasteiger partial charge in [0.25, 0.3) is 0 Å². The minimum atomic E-state index is -0.727. The zero-order valence-electron chi connectivity index (χ0n) is 10.3. The summed E-state index contributed by atoms with van der Waals surface area (Å²) in [6.07, 6.45) is 3.50. The molecule has 4 nitrogen and oxygen atoms in total. The highest BCUT2D eigenvalue weighted by Crippen LogP contribution is 2.30. The van der Waals surface area contributed by atoms with Crippen LogP contribution in [0.1, 0.15) is 31.0 Å². The minimum absolute atomic E-state index is 0.663. The first-order valence-corrected chi connectivity index (χ1v) is 5.92. The fourth-order valence-electron chi connectivity index (χ4n) is 2.33. The predicted octanol–water partition coefficient (Wildman–Crippen LogP) is 1.83. The number of aromatic nitrogens is 1. The van der Waals surface area contributed by atoms with Crippen molar-refractivity contribution in [3.63, 3.8) is 0 Å². The molecule has 0 amide bonds. The number of carboxylic acid groups (broad SMARTS) is 1. The van der Waals surface area contributed by atoms with E-state index in [0.717, 1.165) is 30.6 Å². The normalized spacial score (nSPS) is 25.1. The highest BCUT2D eigenvalue weighted by atomic mass is 16.4.